The van der Waals surface area contributed by atoms with Crippen molar-refractivity contribution in [1.29, 1.82) is 0 Å². The number of para-hydroxylation sites is 1. The third-order valence-electron chi connectivity index (χ3n) is 12.5. The zero-order valence-electron chi connectivity index (χ0n) is 32.3. The van der Waals surface area contributed by atoms with Crippen LogP contribution in [0, 0.1) is 0 Å². The van der Waals surface area contributed by atoms with Gasteiger partial charge in [-0.15, -0.1) is 0 Å². The Hall–Kier alpha value is -7.43. The lowest BCUT2D eigenvalue weighted by Gasteiger charge is -2.29. The van der Waals surface area contributed by atoms with Gasteiger partial charge in [0.25, 0.3) is 0 Å². The smallest absolute Gasteiger partial charge is 0.159 e. The molecule has 0 saturated carbocycles. The lowest BCUT2D eigenvalue weighted by atomic mass is 9.88. The van der Waals surface area contributed by atoms with Crippen molar-refractivity contribution in [2.75, 3.05) is 4.90 Å². The van der Waals surface area contributed by atoms with Crippen molar-refractivity contribution in [3.63, 3.8) is 0 Å². The van der Waals surface area contributed by atoms with E-state index in [4.69, 9.17) is 9.41 Å². The van der Waals surface area contributed by atoms with Gasteiger partial charge in [0.15, 0.2) is 5.58 Å². The molecular formula is C55H39N3O. The lowest BCUT2D eigenvalue weighted by Crippen LogP contribution is -2.39. The van der Waals surface area contributed by atoms with E-state index in [1.807, 2.05) is 0 Å². The number of nitrogens with zero attached hydrogens (tertiary/aromatic N) is 3. The monoisotopic (exact) mass is 757 g/mol. The van der Waals surface area contributed by atoms with Gasteiger partial charge in [0, 0.05) is 44.6 Å². The molecule has 3 atom stereocenters. The quantitative estimate of drug-likeness (QED) is 0.169. The standard InChI is InChI=1S/C55H39N3O/c1-4-14-36(15-5-1)40-28-32-44-45-33-29-41(37-16-6-2-7-17-37)35-51(45)58(50(44)34-40)49-24-12-21-46-53-43(20-13-25-52(53)59-54(46)49)38-26-30-42(31-27-38)57-48-23-11-10-22-47(48)56-55(57)39-18-8-3-9-19-39/h1-34,41,47-48H,35H2. The molecule has 3 unspecified atom stereocenters. The van der Waals surface area contributed by atoms with E-state index >= 15 is 0 Å². The van der Waals surface area contributed by atoms with E-state index in [0.717, 1.165) is 62.3 Å². The summed E-state index contributed by atoms with van der Waals surface area (Å²) >= 11 is 0. The molecule has 0 spiro atoms. The highest BCUT2D eigenvalue weighted by Crippen LogP contribution is 2.44. The molecule has 12 rings (SSSR count). The van der Waals surface area contributed by atoms with Crippen LogP contribution in [0.2, 0.25) is 0 Å². The molecule has 0 fully saturated rings. The molecule has 2 aliphatic carbocycles. The topological polar surface area (TPSA) is 33.7 Å². The molecule has 280 valence electrons. The Labute approximate surface area is 343 Å². The summed E-state index contributed by atoms with van der Waals surface area (Å²) in [4.78, 5) is 7.57. The van der Waals surface area contributed by atoms with Gasteiger partial charge in [-0.25, -0.2) is 0 Å². The summed E-state index contributed by atoms with van der Waals surface area (Å²) in [6, 6.07) is 61.3. The summed E-state index contributed by atoms with van der Waals surface area (Å²) < 4.78 is 9.47. The zero-order valence-corrected chi connectivity index (χ0v) is 32.3. The molecule has 0 radical (unpaired) electrons. The van der Waals surface area contributed by atoms with E-state index in [-0.39, 0.29) is 18.0 Å². The molecular weight excluding hydrogens is 719 g/mol. The van der Waals surface area contributed by atoms with Crippen LogP contribution in [0.15, 0.2) is 210 Å². The summed E-state index contributed by atoms with van der Waals surface area (Å²) in [5.41, 5.74) is 14.9. The molecule has 0 N–H and O–H groups in total. The predicted molar refractivity (Wildman–Crippen MR) is 245 cm³/mol. The maximum Gasteiger partial charge on any atom is 0.159 e. The summed E-state index contributed by atoms with van der Waals surface area (Å²) in [6.45, 7) is 0. The number of aliphatic imine (C=N–C) groups is 1. The minimum atomic E-state index is 0.0864. The molecule has 2 aromatic heterocycles. The SMILES string of the molecule is C1=CC2N=C(c3ccccc3)N(c3ccc(-c4cccc5oc6c(-n7c8c(c9ccc(-c%10ccccc%10)cc97)C=CC(c7ccccc7)C8)cccc6c45)cc3)C2C=C1. The number of furan rings is 1. The summed E-state index contributed by atoms with van der Waals surface area (Å²) in [6.07, 6.45) is 14.3. The number of anilines is 1. The molecule has 0 saturated heterocycles. The first-order chi connectivity index (χ1) is 29.3. The van der Waals surface area contributed by atoms with Crippen LogP contribution in [-0.4, -0.2) is 22.5 Å². The molecule has 7 aromatic carbocycles. The van der Waals surface area contributed by atoms with Gasteiger partial charge in [0.2, 0.25) is 0 Å². The number of allylic oxidation sites excluding steroid dienone is 3. The van der Waals surface area contributed by atoms with E-state index in [1.54, 1.807) is 0 Å². The molecule has 4 nitrogen and oxygen atoms in total. The minimum Gasteiger partial charge on any atom is -0.454 e. The van der Waals surface area contributed by atoms with Crippen molar-refractivity contribution in [2.24, 2.45) is 4.99 Å². The second-order valence-electron chi connectivity index (χ2n) is 15.8. The first-order valence-corrected chi connectivity index (χ1v) is 20.6. The maximum absolute atomic E-state index is 6.99. The highest BCUT2D eigenvalue weighted by molar-refractivity contribution is 6.15. The van der Waals surface area contributed by atoms with Gasteiger partial charge in [0.1, 0.15) is 11.4 Å². The average Bonchev–Trinajstić information content (AvgIpc) is 3.99. The Balaban J connectivity index is 0.997. The molecule has 1 aliphatic heterocycles. The largest absolute Gasteiger partial charge is 0.454 e. The normalized spacial score (nSPS) is 18.1. The number of hydrogen-bond donors (Lipinski definition) is 0. The fourth-order valence-electron chi connectivity index (χ4n) is 9.69. The van der Waals surface area contributed by atoms with Crippen LogP contribution >= 0.6 is 0 Å². The van der Waals surface area contributed by atoms with Crippen LogP contribution in [0.25, 0.3) is 66.9 Å². The van der Waals surface area contributed by atoms with Gasteiger partial charge in [-0.1, -0.05) is 176 Å². The minimum absolute atomic E-state index is 0.0864. The third-order valence-corrected chi connectivity index (χ3v) is 12.5. The predicted octanol–water partition coefficient (Wildman–Crippen LogP) is 13.3. The second kappa shape index (κ2) is 13.6. The molecule has 0 bridgehead atoms. The Morgan fingerprint density at radius 3 is 2.12 bits per heavy atom. The number of hydrogen-bond acceptors (Lipinski definition) is 3. The Morgan fingerprint density at radius 2 is 1.31 bits per heavy atom. The van der Waals surface area contributed by atoms with Gasteiger partial charge < -0.3 is 13.9 Å². The van der Waals surface area contributed by atoms with Crippen LogP contribution in [0.4, 0.5) is 5.69 Å². The second-order valence-corrected chi connectivity index (χ2v) is 15.8. The number of aromatic nitrogens is 1. The fraction of sp³-hybridized carbons (Fsp3) is 0.0727. The van der Waals surface area contributed by atoms with Crippen molar-refractivity contribution >= 4 is 50.4 Å². The number of rotatable bonds is 6. The summed E-state index contributed by atoms with van der Waals surface area (Å²) in [7, 11) is 0. The molecule has 59 heavy (non-hydrogen) atoms. The third kappa shape index (κ3) is 5.48. The molecule has 3 heterocycles. The number of benzene rings is 7. The molecule has 0 amide bonds. The Kier molecular flexibility index (Phi) is 7.77. The number of fused-ring (bicyclic) bond motifs is 7. The van der Waals surface area contributed by atoms with Gasteiger partial charge in [-0.05, 0) is 64.6 Å². The lowest BCUT2D eigenvalue weighted by molar-refractivity contribution is 0.664. The molecule has 3 aliphatic rings. The maximum atomic E-state index is 6.99. The van der Waals surface area contributed by atoms with Crippen molar-refractivity contribution in [1.82, 2.24) is 4.57 Å². The van der Waals surface area contributed by atoms with Crippen molar-refractivity contribution in [2.45, 2.75) is 24.4 Å². The molecule has 4 heteroatoms. The summed E-state index contributed by atoms with van der Waals surface area (Å²) in [5.74, 6) is 1.28. The van der Waals surface area contributed by atoms with Crippen LogP contribution in [0.1, 0.15) is 28.3 Å². The fourth-order valence-corrected chi connectivity index (χ4v) is 9.69. The van der Waals surface area contributed by atoms with E-state index in [0.29, 0.717) is 0 Å². The Bertz CT molecular complexity index is 3180. The van der Waals surface area contributed by atoms with Gasteiger partial charge in [-0.3, -0.25) is 4.99 Å². The highest BCUT2D eigenvalue weighted by atomic mass is 16.3. The van der Waals surface area contributed by atoms with Gasteiger partial charge in [0.05, 0.1) is 23.3 Å². The van der Waals surface area contributed by atoms with Gasteiger partial charge >= 0.3 is 0 Å². The van der Waals surface area contributed by atoms with Crippen molar-refractivity contribution in [3.05, 3.63) is 223 Å². The average molecular weight is 758 g/mol. The highest BCUT2D eigenvalue weighted by Gasteiger charge is 2.35. The van der Waals surface area contributed by atoms with Gasteiger partial charge in [-0.2, -0.15) is 0 Å². The van der Waals surface area contributed by atoms with E-state index in [9.17, 15) is 0 Å². The zero-order chi connectivity index (χ0) is 38.9. The van der Waals surface area contributed by atoms with E-state index < -0.39 is 0 Å². The van der Waals surface area contributed by atoms with Crippen molar-refractivity contribution < 1.29 is 4.42 Å². The van der Waals surface area contributed by atoms with Crippen LogP contribution in [0.5, 0.6) is 0 Å². The number of amidine groups is 1. The van der Waals surface area contributed by atoms with Crippen molar-refractivity contribution in [3.8, 4) is 27.9 Å². The first kappa shape index (κ1) is 33.7. The molecule has 9 aromatic rings. The van der Waals surface area contributed by atoms with Crippen LogP contribution in [0.3, 0.4) is 0 Å². The van der Waals surface area contributed by atoms with Crippen LogP contribution in [-0.2, 0) is 6.42 Å². The Morgan fingerprint density at radius 1 is 0.576 bits per heavy atom. The first-order valence-electron chi connectivity index (χ1n) is 20.6. The van der Waals surface area contributed by atoms with Crippen LogP contribution < -0.4 is 4.90 Å². The summed E-state index contributed by atoms with van der Waals surface area (Å²) in [5, 5.41) is 3.49. The van der Waals surface area contributed by atoms with E-state index in [2.05, 4.69) is 216 Å². The van der Waals surface area contributed by atoms with E-state index in [1.165, 1.54) is 38.9 Å².